The average molecular weight is 389 g/mol. The van der Waals surface area contributed by atoms with E-state index in [0.717, 1.165) is 12.1 Å². The third-order valence-electron chi connectivity index (χ3n) is 3.48. The van der Waals surface area contributed by atoms with Crippen LogP contribution in [0.3, 0.4) is 0 Å². The van der Waals surface area contributed by atoms with Gasteiger partial charge in [0.25, 0.3) is 5.69 Å². The van der Waals surface area contributed by atoms with Crippen LogP contribution in [0.4, 0.5) is 36.4 Å². The number of rotatable bonds is 5. The number of halogens is 7. The minimum absolute atomic E-state index is 0.0813. The zero-order valence-electron chi connectivity index (χ0n) is 12.8. The summed E-state index contributed by atoms with van der Waals surface area (Å²) >= 11 is 0. The molecular formula is C12H10F7N5O2. The molecule has 2 heterocycles. The topological polar surface area (TPSA) is 83.7 Å². The Morgan fingerprint density at radius 2 is 1.85 bits per heavy atom. The molecule has 0 saturated carbocycles. The largest absolute Gasteiger partial charge is 0.460 e. The molecule has 7 nitrogen and oxygen atoms in total. The number of nitro groups is 1. The molecule has 0 saturated heterocycles. The van der Waals surface area contributed by atoms with Gasteiger partial charge in [-0.3, -0.25) is 10.1 Å². The van der Waals surface area contributed by atoms with Crippen molar-refractivity contribution < 1.29 is 35.7 Å². The van der Waals surface area contributed by atoms with Crippen molar-refractivity contribution in [2.24, 2.45) is 4.99 Å². The van der Waals surface area contributed by atoms with E-state index in [-0.39, 0.29) is 17.1 Å². The van der Waals surface area contributed by atoms with Gasteiger partial charge in [-0.25, -0.2) is 9.98 Å². The average Bonchev–Trinajstić information content (AvgIpc) is 2.94. The summed E-state index contributed by atoms with van der Waals surface area (Å²) < 4.78 is 91.0. The van der Waals surface area contributed by atoms with Crippen molar-refractivity contribution in [3.63, 3.8) is 0 Å². The lowest BCUT2D eigenvalue weighted by Crippen LogP contribution is -2.61. The number of nitrogens with one attached hydrogen (secondary N) is 1. The van der Waals surface area contributed by atoms with Crippen LogP contribution in [0.15, 0.2) is 17.1 Å². The molecule has 0 fully saturated rings. The summed E-state index contributed by atoms with van der Waals surface area (Å²) in [5.41, 5.74) is 1.49. The molecule has 0 bridgehead atoms. The van der Waals surface area contributed by atoms with Crippen LogP contribution in [0.25, 0.3) is 0 Å². The van der Waals surface area contributed by atoms with Crippen molar-refractivity contribution in [1.29, 1.82) is 0 Å². The van der Waals surface area contributed by atoms with E-state index in [9.17, 15) is 40.8 Å². The number of hydrazine groups is 1. The lowest BCUT2D eigenvalue weighted by molar-refractivity contribution is -0.385. The number of alkyl halides is 7. The van der Waals surface area contributed by atoms with Crippen molar-refractivity contribution in [1.82, 2.24) is 15.4 Å². The van der Waals surface area contributed by atoms with Gasteiger partial charge in [-0.05, 0) is 13.0 Å². The van der Waals surface area contributed by atoms with Gasteiger partial charge >= 0.3 is 18.0 Å². The van der Waals surface area contributed by atoms with Crippen LogP contribution in [0.2, 0.25) is 0 Å². The van der Waals surface area contributed by atoms with Crippen molar-refractivity contribution in [2.45, 2.75) is 37.7 Å². The van der Waals surface area contributed by atoms with Gasteiger partial charge in [0.1, 0.15) is 5.69 Å². The van der Waals surface area contributed by atoms with Crippen LogP contribution in [0.1, 0.15) is 11.4 Å². The van der Waals surface area contributed by atoms with Gasteiger partial charge in [0, 0.05) is 6.07 Å². The molecule has 1 aliphatic rings. The monoisotopic (exact) mass is 389 g/mol. The number of pyridine rings is 1. The second kappa shape index (κ2) is 6.34. The summed E-state index contributed by atoms with van der Waals surface area (Å²) in [5.74, 6) is -11.9. The summed E-state index contributed by atoms with van der Waals surface area (Å²) in [6.45, 7) is 0.590. The number of aryl methyl sites for hydroxylation is 1. The number of aliphatic imine (C=N–C) groups is 1. The van der Waals surface area contributed by atoms with Crippen molar-refractivity contribution in [2.75, 3.05) is 0 Å². The van der Waals surface area contributed by atoms with Crippen molar-refractivity contribution in [3.05, 3.63) is 33.6 Å². The van der Waals surface area contributed by atoms with Crippen molar-refractivity contribution in [3.8, 4) is 0 Å². The maximum absolute atomic E-state index is 13.8. The van der Waals surface area contributed by atoms with Gasteiger partial charge in [-0.1, -0.05) is 0 Å². The summed E-state index contributed by atoms with van der Waals surface area (Å²) in [6, 6.07) is 2.06. The van der Waals surface area contributed by atoms with Crippen LogP contribution in [0.5, 0.6) is 0 Å². The zero-order valence-corrected chi connectivity index (χ0v) is 12.8. The van der Waals surface area contributed by atoms with E-state index in [2.05, 4.69) is 9.98 Å². The Bertz CT molecular complexity index is 737. The highest BCUT2D eigenvalue weighted by Crippen LogP contribution is 2.49. The minimum atomic E-state index is -6.48. The fourth-order valence-electron chi connectivity index (χ4n) is 2.16. The van der Waals surface area contributed by atoms with Gasteiger partial charge in [-0.15, -0.1) is 0 Å². The fourth-order valence-corrected chi connectivity index (χ4v) is 2.16. The predicted octanol–water partition coefficient (Wildman–Crippen LogP) is 2.81. The number of hydrogen-bond acceptors (Lipinski definition) is 6. The molecule has 26 heavy (non-hydrogen) atoms. The Labute approximate surface area is 140 Å². The molecule has 14 heteroatoms. The molecule has 1 aromatic heterocycles. The maximum Gasteiger partial charge on any atom is 0.460 e. The summed E-state index contributed by atoms with van der Waals surface area (Å²) in [6.07, 6.45) is -8.80. The van der Waals surface area contributed by atoms with E-state index >= 15 is 0 Å². The first-order valence-corrected chi connectivity index (χ1v) is 6.76. The molecule has 144 valence electrons. The smallest absolute Gasteiger partial charge is 0.307 e. The molecular weight excluding hydrogens is 379 g/mol. The van der Waals surface area contributed by atoms with Gasteiger partial charge < -0.3 is 5.43 Å². The van der Waals surface area contributed by atoms with Crippen LogP contribution in [0, 0.1) is 17.0 Å². The molecule has 1 atom stereocenters. The molecule has 1 N–H and O–H groups in total. The highest BCUT2D eigenvalue weighted by Gasteiger charge is 2.76. The summed E-state index contributed by atoms with van der Waals surface area (Å²) in [4.78, 5) is 16.7. The predicted molar refractivity (Wildman–Crippen MR) is 72.5 cm³/mol. The SMILES string of the molecule is Cc1nc(CN2NC=NC2C(F)(F)C(F)(F)C(F)(F)F)ccc1[N+](=O)[O-]. The van der Waals surface area contributed by atoms with Crippen LogP contribution < -0.4 is 5.43 Å². The third kappa shape index (κ3) is 3.27. The summed E-state index contributed by atoms with van der Waals surface area (Å²) in [5, 5.41) is 11.0. The van der Waals surface area contributed by atoms with E-state index in [1.165, 1.54) is 6.92 Å². The van der Waals surface area contributed by atoms with Crippen LogP contribution >= 0.6 is 0 Å². The molecule has 0 spiro atoms. The van der Waals surface area contributed by atoms with E-state index in [1.807, 2.05) is 5.43 Å². The first kappa shape index (κ1) is 19.8. The van der Waals surface area contributed by atoms with Crippen LogP contribution in [-0.4, -0.2) is 45.4 Å². The molecule has 0 aromatic carbocycles. The standard InChI is InChI=1S/C12H10F7N5O2/c1-6-8(24(25)26)3-2-7(22-6)4-23-9(20-5-21-23)10(13,14)11(15,16)12(17,18)19/h2-3,5,9H,4H2,1H3,(H,20,21). The molecule has 0 amide bonds. The second-order valence-corrected chi connectivity index (χ2v) is 5.27. The molecule has 2 rings (SSSR count). The molecule has 1 aliphatic heterocycles. The van der Waals surface area contributed by atoms with Crippen LogP contribution in [-0.2, 0) is 6.54 Å². The first-order valence-electron chi connectivity index (χ1n) is 6.76. The number of aromatic nitrogens is 1. The summed E-state index contributed by atoms with van der Waals surface area (Å²) in [7, 11) is 0. The Morgan fingerprint density at radius 1 is 1.23 bits per heavy atom. The zero-order chi connectivity index (χ0) is 19.9. The van der Waals surface area contributed by atoms with Crippen molar-refractivity contribution >= 4 is 12.0 Å². The first-order chi connectivity index (χ1) is 11.8. The molecule has 1 aromatic rings. The lowest BCUT2D eigenvalue weighted by Gasteiger charge is -2.34. The van der Waals surface area contributed by atoms with Gasteiger partial charge in [-0.2, -0.15) is 35.7 Å². The molecule has 0 aliphatic carbocycles. The quantitative estimate of drug-likeness (QED) is 0.476. The highest BCUT2D eigenvalue weighted by molar-refractivity contribution is 5.56. The Morgan fingerprint density at radius 3 is 2.35 bits per heavy atom. The van der Waals surface area contributed by atoms with E-state index in [1.54, 1.807) is 0 Å². The van der Waals surface area contributed by atoms with E-state index in [0.29, 0.717) is 11.3 Å². The lowest BCUT2D eigenvalue weighted by atomic mass is 10.1. The highest BCUT2D eigenvalue weighted by atomic mass is 19.4. The molecule has 1 unspecified atom stereocenters. The fraction of sp³-hybridized carbons (Fsp3) is 0.500. The van der Waals surface area contributed by atoms with E-state index in [4.69, 9.17) is 0 Å². The van der Waals surface area contributed by atoms with Gasteiger partial charge in [0.05, 0.1) is 23.5 Å². The van der Waals surface area contributed by atoms with Gasteiger partial charge in [0.15, 0.2) is 6.17 Å². The third-order valence-corrected chi connectivity index (χ3v) is 3.48. The Kier molecular flexibility index (Phi) is 4.83. The maximum atomic E-state index is 13.8. The Balaban J connectivity index is 2.26. The van der Waals surface area contributed by atoms with Gasteiger partial charge in [0.2, 0.25) is 0 Å². The minimum Gasteiger partial charge on any atom is -0.307 e. The Hall–Kier alpha value is -2.51. The number of nitrogens with zero attached hydrogens (tertiary/aromatic N) is 4. The molecule has 0 radical (unpaired) electrons. The van der Waals surface area contributed by atoms with E-state index < -0.39 is 35.7 Å². The number of hydrogen-bond donors (Lipinski definition) is 1. The normalized spacial score (nSPS) is 18.8. The second-order valence-electron chi connectivity index (χ2n) is 5.27.